The zero-order valence-corrected chi connectivity index (χ0v) is 16.0. The molecule has 2 heteroatoms. The quantitative estimate of drug-likeness (QED) is 0.548. The fourth-order valence-electron chi connectivity index (χ4n) is 2.07. The lowest BCUT2D eigenvalue weighted by Gasteiger charge is -2.33. The average Bonchev–Trinajstić information content (AvgIpc) is 2.61. The van der Waals surface area contributed by atoms with Crippen LogP contribution in [0.3, 0.4) is 0 Å². The van der Waals surface area contributed by atoms with E-state index in [-0.39, 0.29) is 10.8 Å². The van der Waals surface area contributed by atoms with Crippen LogP contribution < -0.4 is 4.74 Å². The number of nitrogens with zero attached hydrogens (tertiary/aromatic N) is 1. The SMILES string of the molecule is Cc1ccc(C#CC(C)(C)C(C)(C)C#Cc2ccc(OC#N)cc2)cc1. The van der Waals surface area contributed by atoms with Gasteiger partial charge in [0, 0.05) is 22.0 Å². The van der Waals surface area contributed by atoms with Crippen LogP contribution in [0.25, 0.3) is 0 Å². The van der Waals surface area contributed by atoms with Gasteiger partial charge in [-0.25, -0.2) is 0 Å². The van der Waals surface area contributed by atoms with Crippen LogP contribution in [0.4, 0.5) is 0 Å². The Morgan fingerprint density at radius 1 is 0.731 bits per heavy atom. The van der Waals surface area contributed by atoms with Gasteiger partial charge in [-0.3, -0.25) is 0 Å². The van der Waals surface area contributed by atoms with E-state index >= 15 is 0 Å². The summed E-state index contributed by atoms with van der Waals surface area (Å²) in [5.74, 6) is 13.7. The zero-order valence-electron chi connectivity index (χ0n) is 16.0. The minimum Gasteiger partial charge on any atom is -0.388 e. The van der Waals surface area contributed by atoms with Crippen molar-refractivity contribution in [1.29, 1.82) is 5.26 Å². The van der Waals surface area contributed by atoms with Gasteiger partial charge in [0.2, 0.25) is 0 Å². The molecule has 0 amide bonds. The van der Waals surface area contributed by atoms with Crippen molar-refractivity contribution in [2.24, 2.45) is 10.8 Å². The highest BCUT2D eigenvalue weighted by molar-refractivity contribution is 5.42. The molecular formula is C24H23NO. The average molecular weight is 341 g/mol. The molecule has 0 aliphatic rings. The number of benzene rings is 2. The first-order valence-corrected chi connectivity index (χ1v) is 8.52. The first-order chi connectivity index (χ1) is 12.2. The molecule has 0 atom stereocenters. The first kappa shape index (κ1) is 19.2. The van der Waals surface area contributed by atoms with Crippen molar-refractivity contribution in [3.8, 4) is 35.7 Å². The Morgan fingerprint density at radius 3 is 1.58 bits per heavy atom. The molecule has 0 saturated heterocycles. The molecule has 26 heavy (non-hydrogen) atoms. The summed E-state index contributed by atoms with van der Waals surface area (Å²) in [7, 11) is 0. The smallest absolute Gasteiger partial charge is 0.292 e. The second-order valence-electron chi connectivity index (χ2n) is 7.33. The van der Waals surface area contributed by atoms with Crippen LogP contribution in [0.15, 0.2) is 48.5 Å². The minimum absolute atomic E-state index is 0.283. The summed E-state index contributed by atoms with van der Waals surface area (Å²) in [5, 5.41) is 8.52. The van der Waals surface area contributed by atoms with Gasteiger partial charge < -0.3 is 4.74 Å². The van der Waals surface area contributed by atoms with Crippen molar-refractivity contribution in [2.75, 3.05) is 0 Å². The molecule has 2 rings (SSSR count). The topological polar surface area (TPSA) is 33.0 Å². The van der Waals surface area contributed by atoms with Crippen LogP contribution >= 0.6 is 0 Å². The Hall–Kier alpha value is -3.15. The molecule has 0 heterocycles. The molecule has 0 bridgehead atoms. The summed E-state index contributed by atoms with van der Waals surface area (Å²) in [6, 6.07) is 15.4. The van der Waals surface area contributed by atoms with E-state index in [2.05, 4.69) is 70.4 Å². The standard InChI is InChI=1S/C24H23NO/c1-19-6-8-20(9-7-19)14-16-23(2,3)24(4,5)17-15-21-10-12-22(13-11-21)26-18-25/h6-13H,1-5H3. The van der Waals surface area contributed by atoms with E-state index < -0.39 is 0 Å². The number of ether oxygens (including phenoxy) is 1. The number of aryl methyl sites for hydroxylation is 1. The number of hydrogen-bond acceptors (Lipinski definition) is 2. The molecule has 2 aromatic carbocycles. The second-order valence-corrected chi connectivity index (χ2v) is 7.33. The Balaban J connectivity index is 2.20. The third kappa shape index (κ3) is 4.92. The molecule has 0 aromatic heterocycles. The third-order valence-corrected chi connectivity index (χ3v) is 4.67. The van der Waals surface area contributed by atoms with Crippen molar-refractivity contribution in [3.05, 3.63) is 65.2 Å². The summed E-state index contributed by atoms with van der Waals surface area (Å²) < 4.78 is 4.78. The molecule has 0 fully saturated rings. The van der Waals surface area contributed by atoms with E-state index in [4.69, 9.17) is 10.00 Å². The van der Waals surface area contributed by atoms with Gasteiger partial charge in [-0.1, -0.05) is 41.4 Å². The maximum Gasteiger partial charge on any atom is 0.292 e. The van der Waals surface area contributed by atoms with Gasteiger partial charge in [0.1, 0.15) is 5.75 Å². The van der Waals surface area contributed by atoms with Gasteiger partial charge in [-0.2, -0.15) is 0 Å². The minimum atomic E-state index is -0.299. The van der Waals surface area contributed by atoms with Crippen molar-refractivity contribution in [1.82, 2.24) is 0 Å². The van der Waals surface area contributed by atoms with E-state index in [1.54, 1.807) is 18.4 Å². The van der Waals surface area contributed by atoms with Crippen LogP contribution in [-0.2, 0) is 0 Å². The van der Waals surface area contributed by atoms with Gasteiger partial charge in [0.25, 0.3) is 6.26 Å². The predicted octanol–water partition coefficient (Wildman–Crippen LogP) is 5.31. The van der Waals surface area contributed by atoms with Crippen molar-refractivity contribution in [3.63, 3.8) is 0 Å². The van der Waals surface area contributed by atoms with E-state index in [1.807, 2.05) is 24.3 Å². The van der Waals surface area contributed by atoms with Crippen LogP contribution in [0, 0.1) is 53.0 Å². The molecule has 0 aliphatic carbocycles. The van der Waals surface area contributed by atoms with Crippen molar-refractivity contribution in [2.45, 2.75) is 34.6 Å². The lowest BCUT2D eigenvalue weighted by Crippen LogP contribution is -2.29. The van der Waals surface area contributed by atoms with Crippen molar-refractivity contribution < 1.29 is 4.74 Å². The summed E-state index contributed by atoms with van der Waals surface area (Å²) in [4.78, 5) is 0. The molecule has 0 radical (unpaired) electrons. The lowest BCUT2D eigenvalue weighted by molar-refractivity contribution is 0.260. The molecule has 0 spiro atoms. The van der Waals surface area contributed by atoms with Crippen LogP contribution in [0.5, 0.6) is 5.75 Å². The van der Waals surface area contributed by atoms with E-state index in [9.17, 15) is 0 Å². The molecular weight excluding hydrogens is 318 g/mol. The summed E-state index contributed by atoms with van der Waals surface area (Å²) in [5.41, 5.74) is 2.54. The maximum absolute atomic E-state index is 8.52. The summed E-state index contributed by atoms with van der Waals surface area (Å²) >= 11 is 0. The molecule has 130 valence electrons. The van der Waals surface area contributed by atoms with Crippen LogP contribution in [0.2, 0.25) is 0 Å². The Morgan fingerprint density at radius 2 is 1.15 bits per heavy atom. The van der Waals surface area contributed by atoms with Gasteiger partial charge >= 0.3 is 0 Å². The highest BCUT2D eigenvalue weighted by Gasteiger charge is 2.34. The molecule has 0 saturated carbocycles. The monoisotopic (exact) mass is 341 g/mol. The Bertz CT molecular complexity index is 919. The fraction of sp³-hybridized carbons (Fsp3) is 0.292. The van der Waals surface area contributed by atoms with Gasteiger partial charge in [-0.05, 0) is 71.0 Å². The molecule has 2 nitrogen and oxygen atoms in total. The Kier molecular flexibility index (Phi) is 5.77. The van der Waals surface area contributed by atoms with E-state index in [1.165, 1.54) is 5.56 Å². The summed E-state index contributed by atoms with van der Waals surface area (Å²) in [6.07, 6.45) is 1.66. The van der Waals surface area contributed by atoms with Crippen LogP contribution in [0.1, 0.15) is 44.4 Å². The van der Waals surface area contributed by atoms with Gasteiger partial charge in [0.05, 0.1) is 0 Å². The van der Waals surface area contributed by atoms with Gasteiger partial charge in [-0.15, -0.1) is 5.26 Å². The highest BCUT2D eigenvalue weighted by Crippen LogP contribution is 2.37. The van der Waals surface area contributed by atoms with Gasteiger partial charge in [0.15, 0.2) is 0 Å². The molecule has 0 aliphatic heterocycles. The first-order valence-electron chi connectivity index (χ1n) is 8.52. The number of rotatable bonds is 2. The lowest BCUT2D eigenvalue weighted by atomic mass is 9.68. The largest absolute Gasteiger partial charge is 0.388 e. The summed E-state index contributed by atoms with van der Waals surface area (Å²) in [6.45, 7) is 10.5. The number of nitriles is 1. The zero-order chi connectivity index (χ0) is 19.2. The maximum atomic E-state index is 8.52. The van der Waals surface area contributed by atoms with Crippen molar-refractivity contribution >= 4 is 0 Å². The number of hydrogen-bond donors (Lipinski definition) is 0. The highest BCUT2D eigenvalue weighted by atomic mass is 16.5. The molecule has 2 aromatic rings. The second kappa shape index (κ2) is 7.82. The normalized spacial score (nSPS) is 10.6. The van der Waals surface area contributed by atoms with E-state index in [0.29, 0.717) is 5.75 Å². The predicted molar refractivity (Wildman–Crippen MR) is 105 cm³/mol. The third-order valence-electron chi connectivity index (χ3n) is 4.67. The fourth-order valence-corrected chi connectivity index (χ4v) is 2.07. The van der Waals surface area contributed by atoms with Crippen LogP contribution in [-0.4, -0.2) is 0 Å². The molecule has 0 N–H and O–H groups in total. The molecule has 0 unspecified atom stereocenters. The van der Waals surface area contributed by atoms with E-state index in [0.717, 1.165) is 11.1 Å². The Labute approximate surface area is 156 Å².